The van der Waals surface area contributed by atoms with Gasteiger partial charge < -0.3 is 42.5 Å². The summed E-state index contributed by atoms with van der Waals surface area (Å²) in [7, 11) is 0. The van der Waals surface area contributed by atoms with Crippen molar-refractivity contribution in [2.45, 2.75) is 59.4 Å². The van der Waals surface area contributed by atoms with Crippen LogP contribution in [0.2, 0.25) is 0 Å². The molecule has 0 aliphatic carbocycles. The van der Waals surface area contributed by atoms with Gasteiger partial charge in [0.2, 0.25) is 5.91 Å². The number of nitrogens with zero attached hydrogens (tertiary/aromatic N) is 2. The SMILES string of the molecule is CCN(Cc1cc[n+](COC(=O)NCC(C)CNC(=O)OC(C)(C)C)cc1)C(=O)C(CO)c1ccccc1.[Cl-]. The third kappa shape index (κ3) is 12.4. The highest BCUT2D eigenvalue weighted by atomic mass is 35.5. The molecule has 1 aromatic heterocycles. The number of amides is 3. The lowest BCUT2D eigenvalue weighted by Gasteiger charge is -2.25. The molecule has 3 N–H and O–H groups in total. The first-order chi connectivity index (χ1) is 18.0. The molecule has 0 spiro atoms. The number of rotatable bonds is 12. The van der Waals surface area contributed by atoms with Crippen LogP contribution in [0.3, 0.4) is 0 Å². The molecule has 1 aromatic carbocycles. The summed E-state index contributed by atoms with van der Waals surface area (Å²) in [6, 6.07) is 13.0. The molecule has 11 heteroatoms. The van der Waals surface area contributed by atoms with E-state index in [4.69, 9.17) is 9.47 Å². The van der Waals surface area contributed by atoms with Gasteiger partial charge >= 0.3 is 12.2 Å². The summed E-state index contributed by atoms with van der Waals surface area (Å²) in [6.07, 6.45) is 2.48. The van der Waals surface area contributed by atoms with Gasteiger partial charge in [-0.05, 0) is 44.7 Å². The van der Waals surface area contributed by atoms with Crippen molar-refractivity contribution in [3.8, 4) is 0 Å². The monoisotopic (exact) mass is 564 g/mol. The summed E-state index contributed by atoms with van der Waals surface area (Å²) in [5.41, 5.74) is 1.13. The van der Waals surface area contributed by atoms with Crippen LogP contribution in [-0.2, 0) is 27.5 Å². The van der Waals surface area contributed by atoms with E-state index >= 15 is 0 Å². The standard InChI is InChI=1S/C28H40N4O6.ClH/c1-6-32(25(34)24(19-33)23-10-8-7-9-11-23)18-22-12-14-31(15-13-22)20-37-26(35)29-16-21(2)17-30-27(36)38-28(3,4)5;/h7-15,21,24,33H,6,16-20H2,1-5H3,(H-,29,30,35,36);1H. The van der Waals surface area contributed by atoms with E-state index in [1.54, 1.807) is 42.6 Å². The Kier molecular flexibility index (Phi) is 14.3. The molecule has 0 aliphatic rings. The first kappa shape index (κ1) is 33.7. The highest BCUT2D eigenvalue weighted by Crippen LogP contribution is 2.19. The van der Waals surface area contributed by atoms with Gasteiger partial charge in [-0.3, -0.25) is 4.79 Å². The number of alkyl carbamates (subject to hydrolysis) is 2. The molecule has 10 nitrogen and oxygen atoms in total. The predicted molar refractivity (Wildman–Crippen MR) is 142 cm³/mol. The van der Waals surface area contributed by atoms with E-state index in [9.17, 15) is 19.5 Å². The summed E-state index contributed by atoms with van der Waals surface area (Å²) < 4.78 is 12.1. The summed E-state index contributed by atoms with van der Waals surface area (Å²) >= 11 is 0. The third-order valence-electron chi connectivity index (χ3n) is 5.64. The Balaban J connectivity index is 0.00000760. The van der Waals surface area contributed by atoms with Crippen LogP contribution < -0.4 is 27.6 Å². The van der Waals surface area contributed by atoms with Gasteiger partial charge in [-0.1, -0.05) is 37.3 Å². The number of benzene rings is 1. The fraction of sp³-hybridized carbons (Fsp3) is 0.500. The van der Waals surface area contributed by atoms with Crippen molar-refractivity contribution >= 4 is 18.1 Å². The Morgan fingerprint density at radius 1 is 1.00 bits per heavy atom. The van der Waals surface area contributed by atoms with E-state index in [0.717, 1.165) is 11.1 Å². The largest absolute Gasteiger partial charge is 1.00 e. The second-order valence-corrected chi connectivity index (χ2v) is 10.1. The molecule has 0 aliphatic heterocycles. The summed E-state index contributed by atoms with van der Waals surface area (Å²) in [4.78, 5) is 38.5. The molecule has 2 aromatic rings. The first-order valence-corrected chi connectivity index (χ1v) is 12.8. The molecule has 39 heavy (non-hydrogen) atoms. The second-order valence-electron chi connectivity index (χ2n) is 10.1. The van der Waals surface area contributed by atoms with Crippen LogP contribution in [0.15, 0.2) is 54.9 Å². The zero-order valence-electron chi connectivity index (χ0n) is 23.4. The van der Waals surface area contributed by atoms with Crippen molar-refractivity contribution in [2.24, 2.45) is 5.92 Å². The van der Waals surface area contributed by atoms with E-state index in [-0.39, 0.29) is 37.6 Å². The zero-order chi connectivity index (χ0) is 28.1. The number of carbonyl (C=O) groups excluding carboxylic acids is 3. The topological polar surface area (TPSA) is 121 Å². The fourth-order valence-electron chi connectivity index (χ4n) is 3.56. The summed E-state index contributed by atoms with van der Waals surface area (Å²) in [5, 5.41) is 15.2. The van der Waals surface area contributed by atoms with Gasteiger partial charge in [0.1, 0.15) is 5.60 Å². The van der Waals surface area contributed by atoms with Crippen molar-refractivity contribution in [1.29, 1.82) is 0 Å². The maximum Gasteiger partial charge on any atom is 0.412 e. The number of halogens is 1. The number of aliphatic hydroxyl groups excluding tert-OH is 1. The Morgan fingerprint density at radius 3 is 2.13 bits per heavy atom. The number of aliphatic hydroxyl groups is 1. The minimum atomic E-state index is -0.604. The smallest absolute Gasteiger partial charge is 0.412 e. The zero-order valence-corrected chi connectivity index (χ0v) is 24.1. The van der Waals surface area contributed by atoms with Gasteiger partial charge in [0.25, 0.3) is 6.73 Å². The molecule has 2 atom stereocenters. The third-order valence-corrected chi connectivity index (χ3v) is 5.64. The second kappa shape index (κ2) is 16.6. The maximum atomic E-state index is 13.1. The molecule has 0 bridgehead atoms. The van der Waals surface area contributed by atoms with E-state index in [1.165, 1.54) is 0 Å². The Labute approximate surface area is 237 Å². The quantitative estimate of drug-likeness (QED) is 0.311. The van der Waals surface area contributed by atoms with Crippen LogP contribution in [0.1, 0.15) is 51.7 Å². The number of hydrogen-bond acceptors (Lipinski definition) is 6. The Hall–Kier alpha value is -3.37. The van der Waals surface area contributed by atoms with Gasteiger partial charge in [-0.2, -0.15) is 4.57 Å². The van der Waals surface area contributed by atoms with E-state index in [1.807, 2.05) is 56.3 Å². The molecular formula is C28H41ClN4O6. The van der Waals surface area contributed by atoms with Gasteiger partial charge in [-0.15, -0.1) is 0 Å². The van der Waals surface area contributed by atoms with Crippen molar-refractivity contribution in [3.05, 3.63) is 66.0 Å². The molecule has 2 unspecified atom stereocenters. The van der Waals surface area contributed by atoms with Crippen LogP contribution >= 0.6 is 0 Å². The van der Waals surface area contributed by atoms with Crippen molar-refractivity contribution in [3.63, 3.8) is 0 Å². The lowest BCUT2D eigenvalue weighted by Crippen LogP contribution is -3.00. The molecule has 0 radical (unpaired) electrons. The van der Waals surface area contributed by atoms with Gasteiger partial charge in [0, 0.05) is 38.3 Å². The molecule has 0 fully saturated rings. The van der Waals surface area contributed by atoms with Gasteiger partial charge in [0.05, 0.1) is 12.5 Å². The van der Waals surface area contributed by atoms with Crippen molar-refractivity contribution in [1.82, 2.24) is 15.5 Å². The molecule has 2 rings (SSSR count). The number of ether oxygens (including phenoxy) is 2. The molecule has 216 valence electrons. The minimum Gasteiger partial charge on any atom is -1.00 e. The van der Waals surface area contributed by atoms with Crippen molar-refractivity contribution in [2.75, 3.05) is 26.2 Å². The normalized spacial score (nSPS) is 12.4. The molecular weight excluding hydrogens is 524 g/mol. The number of pyridine rings is 1. The van der Waals surface area contributed by atoms with Gasteiger partial charge in [-0.25, -0.2) is 9.59 Å². The lowest BCUT2D eigenvalue weighted by molar-refractivity contribution is -0.727. The molecule has 3 amide bonds. The predicted octanol–water partition coefficient (Wildman–Crippen LogP) is -0.0528. The maximum absolute atomic E-state index is 13.1. The van der Waals surface area contributed by atoms with Crippen LogP contribution in [0.25, 0.3) is 0 Å². The average Bonchev–Trinajstić information content (AvgIpc) is 2.88. The van der Waals surface area contributed by atoms with E-state index in [2.05, 4.69) is 10.6 Å². The van der Waals surface area contributed by atoms with Crippen LogP contribution in [0.4, 0.5) is 9.59 Å². The lowest BCUT2D eigenvalue weighted by atomic mass is 9.98. The minimum absolute atomic E-state index is 0. The van der Waals surface area contributed by atoms with Crippen LogP contribution in [-0.4, -0.2) is 59.9 Å². The van der Waals surface area contributed by atoms with Crippen LogP contribution in [0, 0.1) is 5.92 Å². The fourth-order valence-corrected chi connectivity index (χ4v) is 3.56. The Bertz CT molecular complexity index is 1030. The highest BCUT2D eigenvalue weighted by Gasteiger charge is 2.25. The average molecular weight is 565 g/mol. The van der Waals surface area contributed by atoms with Crippen LogP contribution in [0.5, 0.6) is 0 Å². The van der Waals surface area contributed by atoms with E-state index in [0.29, 0.717) is 26.2 Å². The Morgan fingerprint density at radius 2 is 1.59 bits per heavy atom. The summed E-state index contributed by atoms with van der Waals surface area (Å²) in [5.74, 6) is -0.750. The first-order valence-electron chi connectivity index (χ1n) is 12.8. The molecule has 0 saturated heterocycles. The number of carbonyl (C=O) groups is 3. The molecule has 0 saturated carbocycles. The number of hydrogen-bond donors (Lipinski definition) is 3. The van der Waals surface area contributed by atoms with Gasteiger partial charge in [0.15, 0.2) is 12.4 Å². The van der Waals surface area contributed by atoms with Crippen molar-refractivity contribution < 1.29 is 45.9 Å². The number of likely N-dealkylation sites (N-methyl/N-ethyl adjacent to an activating group) is 1. The molecule has 1 heterocycles. The number of nitrogens with one attached hydrogen (secondary N) is 2. The number of aromatic nitrogens is 1. The van der Waals surface area contributed by atoms with E-state index < -0.39 is 23.7 Å². The summed E-state index contributed by atoms with van der Waals surface area (Å²) in [6.45, 7) is 10.5. The highest BCUT2D eigenvalue weighted by molar-refractivity contribution is 5.83.